The largest absolute Gasteiger partial charge is 0.334 e. The standard InChI is InChI=1S/C14H18F2N2O/c15-11-6-3-7-12(16)13(11)14(19)18(9-8-17)10-4-1-2-5-10/h3,6-7,10H,1-2,4-5,8-9,17H2. The summed E-state index contributed by atoms with van der Waals surface area (Å²) in [5.74, 6) is -2.22. The van der Waals surface area contributed by atoms with Crippen molar-refractivity contribution in [3.05, 3.63) is 35.4 Å². The third kappa shape index (κ3) is 2.92. The molecule has 2 rings (SSSR count). The van der Waals surface area contributed by atoms with Crippen molar-refractivity contribution in [2.45, 2.75) is 31.7 Å². The lowest BCUT2D eigenvalue weighted by molar-refractivity contribution is 0.0678. The highest BCUT2D eigenvalue weighted by molar-refractivity contribution is 5.95. The molecular weight excluding hydrogens is 250 g/mol. The van der Waals surface area contributed by atoms with Crippen LogP contribution in [0.4, 0.5) is 8.78 Å². The molecule has 0 saturated heterocycles. The van der Waals surface area contributed by atoms with E-state index in [9.17, 15) is 13.6 Å². The summed E-state index contributed by atoms with van der Waals surface area (Å²) in [7, 11) is 0. The second-order valence-corrected chi connectivity index (χ2v) is 4.82. The first-order valence-corrected chi connectivity index (χ1v) is 6.60. The summed E-state index contributed by atoms with van der Waals surface area (Å²) in [6.45, 7) is 0.621. The summed E-state index contributed by atoms with van der Waals surface area (Å²) in [6, 6.07) is 3.51. The third-order valence-electron chi connectivity index (χ3n) is 3.57. The molecule has 0 radical (unpaired) electrons. The Labute approximate surface area is 111 Å². The molecule has 0 unspecified atom stereocenters. The molecule has 0 bridgehead atoms. The first-order valence-electron chi connectivity index (χ1n) is 6.60. The monoisotopic (exact) mass is 268 g/mol. The van der Waals surface area contributed by atoms with Gasteiger partial charge in [0.25, 0.3) is 5.91 Å². The van der Waals surface area contributed by atoms with E-state index < -0.39 is 23.1 Å². The maximum absolute atomic E-state index is 13.7. The molecule has 1 aliphatic carbocycles. The van der Waals surface area contributed by atoms with Crippen molar-refractivity contribution in [2.24, 2.45) is 5.73 Å². The average Bonchev–Trinajstić information content (AvgIpc) is 2.89. The summed E-state index contributed by atoms with van der Waals surface area (Å²) in [4.78, 5) is 13.9. The van der Waals surface area contributed by atoms with Gasteiger partial charge in [-0.2, -0.15) is 0 Å². The number of benzene rings is 1. The van der Waals surface area contributed by atoms with E-state index in [2.05, 4.69) is 0 Å². The van der Waals surface area contributed by atoms with Crippen LogP contribution in [0.3, 0.4) is 0 Å². The molecule has 2 N–H and O–H groups in total. The van der Waals surface area contributed by atoms with Crippen LogP contribution < -0.4 is 5.73 Å². The molecule has 3 nitrogen and oxygen atoms in total. The maximum atomic E-state index is 13.7. The number of carbonyl (C=O) groups excluding carboxylic acids is 1. The van der Waals surface area contributed by atoms with Gasteiger partial charge < -0.3 is 10.6 Å². The number of hydrogen-bond acceptors (Lipinski definition) is 2. The molecule has 0 atom stereocenters. The number of halogens is 2. The zero-order chi connectivity index (χ0) is 13.8. The van der Waals surface area contributed by atoms with E-state index in [0.717, 1.165) is 37.8 Å². The number of carbonyl (C=O) groups is 1. The number of nitrogens with zero attached hydrogens (tertiary/aromatic N) is 1. The molecule has 0 aliphatic heterocycles. The van der Waals surface area contributed by atoms with E-state index in [0.29, 0.717) is 6.54 Å². The Bertz CT molecular complexity index is 439. The van der Waals surface area contributed by atoms with Crippen molar-refractivity contribution >= 4 is 5.91 Å². The Balaban J connectivity index is 2.28. The molecule has 1 fully saturated rings. The Morgan fingerprint density at radius 2 is 1.84 bits per heavy atom. The van der Waals surface area contributed by atoms with Gasteiger partial charge in [0.15, 0.2) is 0 Å². The highest BCUT2D eigenvalue weighted by Gasteiger charge is 2.29. The van der Waals surface area contributed by atoms with Crippen LogP contribution in [-0.4, -0.2) is 29.9 Å². The first kappa shape index (κ1) is 13.9. The fourth-order valence-corrected chi connectivity index (χ4v) is 2.65. The predicted molar refractivity (Wildman–Crippen MR) is 68.7 cm³/mol. The summed E-state index contributed by atoms with van der Waals surface area (Å²) in [5.41, 5.74) is 5.04. The van der Waals surface area contributed by atoms with Gasteiger partial charge in [-0.15, -0.1) is 0 Å². The van der Waals surface area contributed by atoms with Crippen LogP contribution in [0.25, 0.3) is 0 Å². The summed E-state index contributed by atoms with van der Waals surface area (Å²) >= 11 is 0. The van der Waals surface area contributed by atoms with Crippen molar-refractivity contribution < 1.29 is 13.6 Å². The summed E-state index contributed by atoms with van der Waals surface area (Å²) < 4.78 is 27.3. The zero-order valence-corrected chi connectivity index (χ0v) is 10.7. The lowest BCUT2D eigenvalue weighted by Crippen LogP contribution is -2.42. The molecule has 0 heterocycles. The normalized spacial score (nSPS) is 15.7. The SMILES string of the molecule is NCCN(C(=O)c1c(F)cccc1F)C1CCCC1. The van der Waals surface area contributed by atoms with Crippen molar-refractivity contribution in [1.29, 1.82) is 0 Å². The molecule has 1 aromatic carbocycles. The van der Waals surface area contributed by atoms with E-state index in [1.807, 2.05) is 0 Å². The summed E-state index contributed by atoms with van der Waals surface area (Å²) in [5, 5.41) is 0. The van der Waals surface area contributed by atoms with E-state index in [1.165, 1.54) is 11.0 Å². The minimum Gasteiger partial charge on any atom is -0.334 e. The first-order chi connectivity index (χ1) is 9.15. The van der Waals surface area contributed by atoms with Crippen LogP contribution in [0.2, 0.25) is 0 Å². The molecule has 19 heavy (non-hydrogen) atoms. The molecule has 0 aromatic heterocycles. The van der Waals surface area contributed by atoms with Crippen molar-refractivity contribution in [3.63, 3.8) is 0 Å². The highest BCUT2D eigenvalue weighted by atomic mass is 19.1. The van der Waals surface area contributed by atoms with Gasteiger partial charge in [0, 0.05) is 19.1 Å². The van der Waals surface area contributed by atoms with Gasteiger partial charge in [-0.1, -0.05) is 18.9 Å². The van der Waals surface area contributed by atoms with Crippen molar-refractivity contribution in [1.82, 2.24) is 4.90 Å². The lowest BCUT2D eigenvalue weighted by Gasteiger charge is -2.28. The number of hydrogen-bond donors (Lipinski definition) is 1. The van der Waals surface area contributed by atoms with Crippen molar-refractivity contribution in [2.75, 3.05) is 13.1 Å². The van der Waals surface area contributed by atoms with Crippen LogP contribution in [-0.2, 0) is 0 Å². The Morgan fingerprint density at radius 1 is 1.26 bits per heavy atom. The lowest BCUT2D eigenvalue weighted by atomic mass is 10.1. The van der Waals surface area contributed by atoms with E-state index in [-0.39, 0.29) is 12.6 Å². The third-order valence-corrected chi connectivity index (χ3v) is 3.57. The number of amides is 1. The average molecular weight is 268 g/mol. The van der Waals surface area contributed by atoms with Crippen LogP contribution in [0, 0.1) is 11.6 Å². The van der Waals surface area contributed by atoms with E-state index >= 15 is 0 Å². The van der Waals surface area contributed by atoms with Crippen LogP contribution in [0.5, 0.6) is 0 Å². The van der Waals surface area contributed by atoms with E-state index in [1.54, 1.807) is 0 Å². The Hall–Kier alpha value is -1.49. The second-order valence-electron chi connectivity index (χ2n) is 4.82. The molecule has 1 aromatic rings. The van der Waals surface area contributed by atoms with E-state index in [4.69, 9.17) is 5.73 Å². The predicted octanol–water partition coefficient (Wildman–Crippen LogP) is 2.31. The van der Waals surface area contributed by atoms with Crippen LogP contribution in [0.15, 0.2) is 18.2 Å². The Morgan fingerprint density at radius 3 is 2.37 bits per heavy atom. The fraction of sp³-hybridized carbons (Fsp3) is 0.500. The van der Waals surface area contributed by atoms with Gasteiger partial charge in [0.2, 0.25) is 0 Å². The van der Waals surface area contributed by atoms with Crippen LogP contribution in [0.1, 0.15) is 36.0 Å². The molecule has 104 valence electrons. The van der Waals surface area contributed by atoms with Crippen LogP contribution >= 0.6 is 0 Å². The molecular formula is C14H18F2N2O. The molecule has 5 heteroatoms. The second kappa shape index (κ2) is 6.10. The summed E-state index contributed by atoms with van der Waals surface area (Å²) in [6.07, 6.45) is 3.83. The molecule has 1 saturated carbocycles. The fourth-order valence-electron chi connectivity index (χ4n) is 2.65. The molecule has 1 amide bonds. The quantitative estimate of drug-likeness (QED) is 0.910. The number of nitrogens with two attached hydrogens (primary N) is 1. The Kier molecular flexibility index (Phi) is 4.47. The van der Waals surface area contributed by atoms with Gasteiger partial charge in [-0.05, 0) is 25.0 Å². The topological polar surface area (TPSA) is 46.3 Å². The van der Waals surface area contributed by atoms with Gasteiger partial charge in [-0.25, -0.2) is 8.78 Å². The molecule has 0 spiro atoms. The smallest absolute Gasteiger partial charge is 0.260 e. The zero-order valence-electron chi connectivity index (χ0n) is 10.7. The molecule has 1 aliphatic rings. The minimum atomic E-state index is -0.815. The number of rotatable bonds is 4. The minimum absolute atomic E-state index is 0.0510. The van der Waals surface area contributed by atoms with Gasteiger partial charge in [0.1, 0.15) is 17.2 Å². The van der Waals surface area contributed by atoms with Gasteiger partial charge >= 0.3 is 0 Å². The maximum Gasteiger partial charge on any atom is 0.260 e. The highest BCUT2D eigenvalue weighted by Crippen LogP contribution is 2.25. The van der Waals surface area contributed by atoms with Gasteiger partial charge in [-0.3, -0.25) is 4.79 Å². The van der Waals surface area contributed by atoms with Crippen molar-refractivity contribution in [3.8, 4) is 0 Å². The van der Waals surface area contributed by atoms with Gasteiger partial charge in [0.05, 0.1) is 0 Å².